The molecule has 0 bridgehead atoms. The molecule has 0 radical (unpaired) electrons. The molecular weight excluding hydrogens is 768 g/mol. The van der Waals surface area contributed by atoms with Gasteiger partial charge in [0.25, 0.3) is 0 Å². The van der Waals surface area contributed by atoms with E-state index in [0.717, 1.165) is 49.9 Å². The molecule has 1 aliphatic rings. The van der Waals surface area contributed by atoms with E-state index in [1.807, 2.05) is 150 Å². The minimum atomic E-state index is 0. The van der Waals surface area contributed by atoms with Gasteiger partial charge in [0.05, 0.1) is 0 Å². The molecule has 232 valence electrons. The molecule has 7 nitrogen and oxygen atoms in total. The maximum Gasteiger partial charge on any atom is 0.135 e. The van der Waals surface area contributed by atoms with Crippen molar-refractivity contribution in [3.05, 3.63) is 147 Å². The second-order valence-corrected chi connectivity index (χ2v) is 11.1. The van der Waals surface area contributed by atoms with Gasteiger partial charge in [-0.15, -0.1) is 24.3 Å². The predicted octanol–water partition coefficient (Wildman–Crippen LogP) is 10.1. The van der Waals surface area contributed by atoms with Crippen molar-refractivity contribution in [3.8, 4) is 11.5 Å². The van der Waals surface area contributed by atoms with Crippen LogP contribution < -0.4 is 14.5 Å². The van der Waals surface area contributed by atoms with Crippen LogP contribution in [0.2, 0.25) is 0 Å². The van der Waals surface area contributed by atoms with Crippen LogP contribution in [0.5, 0.6) is 11.5 Å². The van der Waals surface area contributed by atoms with E-state index in [1.165, 1.54) is 0 Å². The Labute approximate surface area is 285 Å². The van der Waals surface area contributed by atoms with Crippen molar-refractivity contribution in [3.63, 3.8) is 0 Å². The summed E-state index contributed by atoms with van der Waals surface area (Å²) in [6.07, 6.45) is 5.74. The van der Waals surface area contributed by atoms with E-state index in [2.05, 4.69) is 12.1 Å². The number of benzene rings is 5. The summed E-state index contributed by atoms with van der Waals surface area (Å²) in [6.45, 7) is 1.98. The number of hydrogen-bond acceptors (Lipinski definition) is 7. The first-order valence-corrected chi connectivity index (χ1v) is 14.9. The van der Waals surface area contributed by atoms with E-state index >= 15 is 0 Å². The quantitative estimate of drug-likeness (QED) is 0.156. The van der Waals surface area contributed by atoms with Crippen LogP contribution in [0.3, 0.4) is 0 Å². The average molecular weight is 793 g/mol. The number of pyridine rings is 1. The van der Waals surface area contributed by atoms with Gasteiger partial charge < -0.3 is 28.3 Å². The number of aromatic nitrogens is 1. The fraction of sp³-hybridized carbons (Fsp3) is 0.0256. The van der Waals surface area contributed by atoms with Crippen molar-refractivity contribution in [1.29, 1.82) is 0 Å². The number of rotatable bonds is 6. The van der Waals surface area contributed by atoms with Crippen molar-refractivity contribution in [2.45, 2.75) is 0 Å². The Morgan fingerprint density at radius 1 is 0.702 bits per heavy atom. The minimum Gasteiger partial charge on any atom is -0.510 e. The van der Waals surface area contributed by atoms with Gasteiger partial charge in [-0.05, 0) is 77.4 Å². The zero-order valence-corrected chi connectivity index (χ0v) is 27.3. The van der Waals surface area contributed by atoms with E-state index in [-0.39, 0.29) is 21.1 Å². The summed E-state index contributed by atoms with van der Waals surface area (Å²) in [4.78, 5) is 10.7. The Morgan fingerprint density at radius 2 is 1.34 bits per heavy atom. The number of furan rings is 2. The molecule has 0 saturated heterocycles. The Kier molecular flexibility index (Phi) is 7.19. The fourth-order valence-corrected chi connectivity index (χ4v) is 6.04. The number of fused-ring (bicyclic) bond motifs is 6. The standard InChI is InChI=1S/C39H25N4O3.Pt/c1-41-19-20-42(25-41)27-21-33-38(29-13-5-7-15-31(29)44-33)34(22-27)46-36-24-28(23-35-39(36)30-14-6-8-16-32(30)45-35)43(26-11-3-2-4-12-26)37-17-9-10-18-40-37;/h2-21,23,25H,1H3;/q-3;. The third-order valence-corrected chi connectivity index (χ3v) is 8.10. The maximum absolute atomic E-state index is 6.97. The number of nitrogens with zero attached hydrogens (tertiary/aromatic N) is 4. The summed E-state index contributed by atoms with van der Waals surface area (Å²) in [5.74, 6) is 1.77. The third kappa shape index (κ3) is 5.00. The van der Waals surface area contributed by atoms with Crippen molar-refractivity contribution < 1.29 is 34.6 Å². The second kappa shape index (κ2) is 11.7. The minimum absolute atomic E-state index is 0. The van der Waals surface area contributed by atoms with Crippen molar-refractivity contribution >= 4 is 66.8 Å². The van der Waals surface area contributed by atoms with Gasteiger partial charge in [0.15, 0.2) is 0 Å². The molecule has 0 N–H and O–H groups in total. The van der Waals surface area contributed by atoms with Crippen LogP contribution in [-0.2, 0) is 21.1 Å². The van der Waals surface area contributed by atoms with Gasteiger partial charge in [0, 0.05) is 55.6 Å². The molecule has 0 unspecified atom stereocenters. The summed E-state index contributed by atoms with van der Waals surface area (Å²) >= 11 is 0. The van der Waals surface area contributed by atoms with Crippen LogP contribution in [0.15, 0.2) is 137 Å². The molecule has 3 aromatic heterocycles. The first-order chi connectivity index (χ1) is 22.7. The zero-order valence-electron chi connectivity index (χ0n) is 25.0. The topological polar surface area (TPSA) is 58.1 Å². The monoisotopic (exact) mass is 792 g/mol. The molecule has 8 heteroatoms. The smallest absolute Gasteiger partial charge is 0.135 e. The summed E-state index contributed by atoms with van der Waals surface area (Å²) in [6, 6.07) is 43.0. The SMILES string of the molecule is CN1C=CN(c2[c-]c(Oc3[c-]c(N(c4ccccc4)c4ccccn4)cc4oc5ccccc5c34)c3c(c2)oc2ccccc23)[CH-]1.[Pt]. The van der Waals surface area contributed by atoms with Crippen molar-refractivity contribution in [2.24, 2.45) is 0 Å². The van der Waals surface area contributed by atoms with Crippen LogP contribution in [0, 0.1) is 18.8 Å². The first-order valence-electron chi connectivity index (χ1n) is 14.9. The number of para-hydroxylation sites is 3. The van der Waals surface area contributed by atoms with E-state index in [0.29, 0.717) is 28.4 Å². The molecule has 47 heavy (non-hydrogen) atoms. The van der Waals surface area contributed by atoms with Crippen molar-refractivity contribution in [1.82, 2.24) is 9.88 Å². The molecule has 0 spiro atoms. The van der Waals surface area contributed by atoms with E-state index in [4.69, 9.17) is 18.6 Å². The van der Waals surface area contributed by atoms with Gasteiger partial charge in [0.1, 0.15) is 17.0 Å². The molecule has 0 aliphatic carbocycles. The Bertz CT molecular complexity index is 2380. The average Bonchev–Trinajstić information content (AvgIpc) is 3.80. The molecule has 1 aliphatic heterocycles. The molecule has 4 heterocycles. The Balaban J connectivity index is 0.00000324. The first kappa shape index (κ1) is 28.9. The molecule has 8 aromatic rings. The van der Waals surface area contributed by atoms with Crippen molar-refractivity contribution in [2.75, 3.05) is 16.8 Å². The van der Waals surface area contributed by atoms with Gasteiger partial charge in [-0.1, -0.05) is 72.0 Å². The van der Waals surface area contributed by atoms with Crippen LogP contribution in [-0.4, -0.2) is 16.9 Å². The van der Waals surface area contributed by atoms with Crippen LogP contribution >= 0.6 is 0 Å². The van der Waals surface area contributed by atoms with E-state index in [1.54, 1.807) is 6.20 Å². The van der Waals surface area contributed by atoms with E-state index < -0.39 is 0 Å². The Hall–Kier alpha value is -5.52. The summed E-state index contributed by atoms with van der Waals surface area (Å²) in [7, 11) is 1.98. The summed E-state index contributed by atoms with van der Waals surface area (Å²) < 4.78 is 19.8. The van der Waals surface area contributed by atoms with Gasteiger partial charge in [-0.3, -0.25) is 0 Å². The largest absolute Gasteiger partial charge is 0.510 e. The summed E-state index contributed by atoms with van der Waals surface area (Å²) in [5.41, 5.74) is 5.32. The molecular formula is C39H25N4O3Pt-3. The van der Waals surface area contributed by atoms with Gasteiger partial charge in [-0.2, -0.15) is 6.67 Å². The second-order valence-electron chi connectivity index (χ2n) is 11.1. The fourth-order valence-electron chi connectivity index (χ4n) is 6.04. The molecule has 0 amide bonds. The summed E-state index contributed by atoms with van der Waals surface area (Å²) in [5, 5.41) is 3.53. The maximum atomic E-state index is 6.97. The number of ether oxygens (including phenoxy) is 1. The molecule has 0 saturated carbocycles. The number of anilines is 4. The molecule has 0 atom stereocenters. The zero-order chi connectivity index (χ0) is 30.6. The Morgan fingerprint density at radius 3 is 2.00 bits per heavy atom. The third-order valence-electron chi connectivity index (χ3n) is 8.10. The van der Waals surface area contributed by atoms with Gasteiger partial charge >= 0.3 is 0 Å². The van der Waals surface area contributed by atoms with Gasteiger partial charge in [0.2, 0.25) is 0 Å². The predicted molar refractivity (Wildman–Crippen MR) is 181 cm³/mol. The van der Waals surface area contributed by atoms with Crippen LogP contribution in [0.25, 0.3) is 43.9 Å². The molecule has 9 rings (SSSR count). The van der Waals surface area contributed by atoms with Crippen LogP contribution in [0.1, 0.15) is 0 Å². The molecule has 5 aromatic carbocycles. The van der Waals surface area contributed by atoms with Gasteiger partial charge in [-0.25, -0.2) is 4.98 Å². The normalized spacial score (nSPS) is 12.8. The van der Waals surface area contributed by atoms with E-state index in [9.17, 15) is 0 Å². The number of hydrogen-bond donors (Lipinski definition) is 0. The van der Waals surface area contributed by atoms with Crippen LogP contribution in [0.4, 0.5) is 22.9 Å². The molecule has 0 fully saturated rings.